The summed E-state index contributed by atoms with van der Waals surface area (Å²) in [6.07, 6.45) is -1.87. The quantitative estimate of drug-likeness (QED) is 0.165. The molecule has 3 aromatic rings. The number of halogens is 1. The second kappa shape index (κ2) is 13.9. The number of ether oxygens (including phenoxy) is 5. The summed E-state index contributed by atoms with van der Waals surface area (Å²) in [7, 11) is 0. The first-order valence-electron chi connectivity index (χ1n) is 12.0. The molecule has 0 saturated carbocycles. The molecule has 1 aliphatic rings. The Morgan fingerprint density at radius 3 is 1.56 bits per heavy atom. The van der Waals surface area contributed by atoms with E-state index < -0.39 is 24.4 Å². The predicted octanol–water partition coefficient (Wildman–Crippen LogP) is 5.47. The van der Waals surface area contributed by atoms with Gasteiger partial charge in [-0.3, -0.25) is 4.79 Å². The largest absolute Gasteiger partial charge is 0.463 e. The predicted molar refractivity (Wildman–Crippen MR) is 144 cm³/mol. The fourth-order valence-corrected chi connectivity index (χ4v) is 5.06. The van der Waals surface area contributed by atoms with Crippen LogP contribution in [-0.2, 0) is 48.3 Å². The summed E-state index contributed by atoms with van der Waals surface area (Å²) >= 11 is 2.23. The van der Waals surface area contributed by atoms with E-state index in [9.17, 15) is 4.79 Å². The van der Waals surface area contributed by atoms with Gasteiger partial charge in [0.25, 0.3) is 0 Å². The molecule has 1 saturated heterocycles. The Morgan fingerprint density at radius 1 is 0.694 bits per heavy atom. The molecular formula is C29H31IO6. The molecule has 7 heteroatoms. The van der Waals surface area contributed by atoms with Gasteiger partial charge in [0.05, 0.1) is 19.8 Å². The van der Waals surface area contributed by atoms with Crippen LogP contribution in [0.25, 0.3) is 0 Å². The van der Waals surface area contributed by atoms with Crippen molar-refractivity contribution in [1.29, 1.82) is 0 Å². The Balaban J connectivity index is 1.57. The molecule has 5 atom stereocenters. The molecule has 1 heterocycles. The fraction of sp³-hybridized carbons (Fsp3) is 0.345. The molecule has 0 aliphatic carbocycles. The summed E-state index contributed by atoms with van der Waals surface area (Å²) in [6.45, 7) is 2.64. The highest BCUT2D eigenvalue weighted by molar-refractivity contribution is 14.1. The van der Waals surface area contributed by atoms with Crippen molar-refractivity contribution in [3.63, 3.8) is 0 Å². The van der Waals surface area contributed by atoms with E-state index in [1.54, 1.807) is 0 Å². The number of benzene rings is 3. The molecule has 1 fully saturated rings. The highest BCUT2D eigenvalue weighted by atomic mass is 127. The van der Waals surface area contributed by atoms with Gasteiger partial charge in [0.2, 0.25) is 0 Å². The van der Waals surface area contributed by atoms with Crippen LogP contribution in [0.2, 0.25) is 0 Å². The van der Waals surface area contributed by atoms with Crippen LogP contribution >= 0.6 is 22.6 Å². The third kappa shape index (κ3) is 7.85. The molecule has 0 spiro atoms. The summed E-state index contributed by atoms with van der Waals surface area (Å²) < 4.78 is 30.6. The first-order chi connectivity index (χ1) is 17.6. The van der Waals surface area contributed by atoms with Crippen molar-refractivity contribution in [2.24, 2.45) is 0 Å². The van der Waals surface area contributed by atoms with Crippen LogP contribution in [0.15, 0.2) is 91.0 Å². The Kier molecular flexibility index (Phi) is 10.3. The zero-order chi connectivity index (χ0) is 25.2. The molecule has 4 rings (SSSR count). The minimum atomic E-state index is -0.514. The zero-order valence-electron chi connectivity index (χ0n) is 20.2. The average molecular weight is 602 g/mol. The molecule has 0 N–H and O–H groups in total. The van der Waals surface area contributed by atoms with Crippen LogP contribution in [0.4, 0.5) is 0 Å². The van der Waals surface area contributed by atoms with Gasteiger partial charge < -0.3 is 23.7 Å². The van der Waals surface area contributed by atoms with Gasteiger partial charge in [0.1, 0.15) is 35.1 Å². The number of alkyl halides is 1. The molecule has 0 aromatic heterocycles. The number of hydrogen-bond donors (Lipinski definition) is 0. The van der Waals surface area contributed by atoms with Crippen molar-refractivity contribution in [1.82, 2.24) is 0 Å². The molecule has 0 amide bonds. The van der Waals surface area contributed by atoms with Gasteiger partial charge in [-0.2, -0.15) is 0 Å². The van der Waals surface area contributed by atoms with Gasteiger partial charge in [-0.15, -0.1) is 0 Å². The summed E-state index contributed by atoms with van der Waals surface area (Å²) in [5.74, 6) is -0.366. The van der Waals surface area contributed by atoms with Crippen molar-refractivity contribution in [2.45, 2.75) is 55.3 Å². The van der Waals surface area contributed by atoms with Crippen LogP contribution in [0.5, 0.6) is 0 Å². The van der Waals surface area contributed by atoms with Gasteiger partial charge in [-0.25, -0.2) is 0 Å². The zero-order valence-corrected chi connectivity index (χ0v) is 22.4. The molecule has 0 bridgehead atoms. The molecule has 0 unspecified atom stereocenters. The van der Waals surface area contributed by atoms with Gasteiger partial charge >= 0.3 is 5.97 Å². The van der Waals surface area contributed by atoms with Crippen molar-refractivity contribution < 1.29 is 28.5 Å². The second-order valence-corrected chi connectivity index (χ2v) is 9.84. The Hall–Kier alpha value is -2.30. The van der Waals surface area contributed by atoms with E-state index in [0.717, 1.165) is 16.7 Å². The van der Waals surface area contributed by atoms with E-state index in [1.165, 1.54) is 6.92 Å². The van der Waals surface area contributed by atoms with Crippen LogP contribution in [0, 0.1) is 0 Å². The lowest BCUT2D eigenvalue weighted by molar-refractivity contribution is -0.249. The van der Waals surface area contributed by atoms with Gasteiger partial charge in [0.15, 0.2) is 0 Å². The third-order valence-corrected chi connectivity index (χ3v) is 6.89. The molecule has 6 nitrogen and oxygen atoms in total. The smallest absolute Gasteiger partial charge is 0.302 e. The maximum atomic E-state index is 11.6. The molecule has 0 radical (unpaired) electrons. The van der Waals surface area contributed by atoms with Crippen molar-refractivity contribution in [2.75, 3.05) is 6.61 Å². The first-order valence-corrected chi connectivity index (χ1v) is 13.2. The van der Waals surface area contributed by atoms with Crippen molar-refractivity contribution in [3.8, 4) is 0 Å². The summed E-state index contributed by atoms with van der Waals surface area (Å²) in [4.78, 5) is 11.6. The molecule has 3 aromatic carbocycles. The molecule has 1 aliphatic heterocycles. The SMILES string of the molecule is CC(=O)OC[C@H]1O[C@H](I)[C@H](OCc2ccccc2)[C@@H](OCc2ccccc2)[C@@H]1OCc1ccccc1. The number of rotatable bonds is 11. The molecule has 36 heavy (non-hydrogen) atoms. The number of esters is 1. The van der Waals surface area contributed by atoms with Gasteiger partial charge in [-0.05, 0) is 39.3 Å². The number of carbonyl (C=O) groups is 1. The molecular weight excluding hydrogens is 571 g/mol. The van der Waals surface area contributed by atoms with Crippen LogP contribution in [0.1, 0.15) is 23.6 Å². The van der Waals surface area contributed by atoms with E-state index in [4.69, 9.17) is 23.7 Å². The highest BCUT2D eigenvalue weighted by Crippen LogP contribution is 2.33. The van der Waals surface area contributed by atoms with E-state index in [-0.39, 0.29) is 16.7 Å². The Bertz CT molecular complexity index is 1050. The molecule has 190 valence electrons. The van der Waals surface area contributed by atoms with Gasteiger partial charge in [0, 0.05) is 6.92 Å². The van der Waals surface area contributed by atoms with Crippen molar-refractivity contribution >= 4 is 28.6 Å². The first kappa shape index (κ1) is 26.8. The minimum Gasteiger partial charge on any atom is -0.463 e. The monoisotopic (exact) mass is 602 g/mol. The van der Waals surface area contributed by atoms with Crippen LogP contribution in [0.3, 0.4) is 0 Å². The van der Waals surface area contributed by atoms with E-state index >= 15 is 0 Å². The lowest BCUT2D eigenvalue weighted by atomic mass is 9.99. The van der Waals surface area contributed by atoms with Crippen LogP contribution in [-0.4, -0.2) is 41.1 Å². The van der Waals surface area contributed by atoms with Gasteiger partial charge in [-0.1, -0.05) is 91.0 Å². The summed E-state index contributed by atoms with van der Waals surface area (Å²) in [5, 5.41) is 0. The lowest BCUT2D eigenvalue weighted by Gasteiger charge is -2.44. The van der Waals surface area contributed by atoms with E-state index in [2.05, 4.69) is 22.6 Å². The maximum Gasteiger partial charge on any atom is 0.302 e. The fourth-order valence-electron chi connectivity index (χ4n) is 4.07. The highest BCUT2D eigenvalue weighted by Gasteiger charge is 2.47. The lowest BCUT2D eigenvalue weighted by Crippen LogP contribution is -2.59. The average Bonchev–Trinajstić information content (AvgIpc) is 2.91. The summed E-state index contributed by atoms with van der Waals surface area (Å²) in [6, 6.07) is 29.9. The topological polar surface area (TPSA) is 63.2 Å². The Labute approximate surface area is 226 Å². The standard InChI is InChI=1S/C29H31IO6/c1-21(31)32-20-25-26(33-17-22-11-5-2-6-12-22)27(34-18-23-13-7-3-8-14-23)28(29(30)36-25)35-19-24-15-9-4-10-16-24/h2-16,25-29H,17-20H2,1H3/t25-,26-,27+,28-,29+/m1/s1. The number of carbonyl (C=O) groups excluding carboxylic acids is 1. The van der Waals surface area contributed by atoms with Crippen LogP contribution < -0.4 is 0 Å². The third-order valence-electron chi connectivity index (χ3n) is 5.88. The van der Waals surface area contributed by atoms with E-state index in [0.29, 0.717) is 19.8 Å². The normalized spacial score (nSPS) is 23.8. The second-order valence-electron chi connectivity index (χ2n) is 8.61. The van der Waals surface area contributed by atoms with Crippen molar-refractivity contribution in [3.05, 3.63) is 108 Å². The Morgan fingerprint density at radius 2 is 1.11 bits per heavy atom. The number of hydrogen-bond acceptors (Lipinski definition) is 6. The summed E-state index contributed by atoms with van der Waals surface area (Å²) in [5.41, 5.74) is 3.14. The van der Waals surface area contributed by atoms with E-state index in [1.807, 2.05) is 91.0 Å². The minimum absolute atomic E-state index is 0.0743. The maximum absolute atomic E-state index is 11.6.